The molecule has 2 aromatic rings. The zero-order valence-electron chi connectivity index (χ0n) is 13.6. The Morgan fingerprint density at radius 1 is 1.38 bits per heavy atom. The van der Waals surface area contributed by atoms with Gasteiger partial charge in [-0.3, -0.25) is 0 Å². The average molecular weight is 370 g/mol. The lowest BCUT2D eigenvalue weighted by atomic mass is 10.1. The second-order valence-electron chi connectivity index (χ2n) is 6.07. The van der Waals surface area contributed by atoms with Crippen LogP contribution in [0.3, 0.4) is 0 Å². The summed E-state index contributed by atoms with van der Waals surface area (Å²) in [6.45, 7) is 0.875. The Bertz CT molecular complexity index is 819. The lowest BCUT2D eigenvalue weighted by Gasteiger charge is -2.20. The van der Waals surface area contributed by atoms with Crippen molar-refractivity contribution >= 4 is 21.8 Å². The van der Waals surface area contributed by atoms with Gasteiger partial charge in [0.05, 0.1) is 12.1 Å². The fraction of sp³-hybridized carbons (Fsp3) is 0.438. The molecule has 0 N–H and O–H groups in total. The van der Waals surface area contributed by atoms with Crippen LogP contribution in [0.1, 0.15) is 29.6 Å². The van der Waals surface area contributed by atoms with Crippen LogP contribution in [-0.4, -0.2) is 49.2 Å². The predicted molar refractivity (Wildman–Crippen MR) is 92.3 cm³/mol. The van der Waals surface area contributed by atoms with Crippen molar-refractivity contribution in [1.82, 2.24) is 13.6 Å². The third-order valence-electron chi connectivity index (χ3n) is 4.18. The Morgan fingerprint density at radius 3 is 2.83 bits per heavy atom. The van der Waals surface area contributed by atoms with E-state index in [0.29, 0.717) is 36.8 Å². The Kier molecular flexibility index (Phi) is 4.96. The van der Waals surface area contributed by atoms with Crippen LogP contribution in [0.25, 0.3) is 0 Å². The molecule has 1 atom stereocenters. The molecule has 1 aromatic heterocycles. The summed E-state index contributed by atoms with van der Waals surface area (Å²) in [5, 5.41) is 0.694. The highest BCUT2D eigenvalue weighted by molar-refractivity contribution is 7.86. The molecule has 0 aliphatic carbocycles. The standard InChI is InChI=1S/C16H20ClN3O3S/c1-19(2)24(21,22)20-8-7-13(11-20)16-18-10-14(23-16)9-12-5-3-4-6-15(12)17/h3-6,10,13H,7-9,11H2,1-2H3/t13-/m1/s1. The number of rotatable bonds is 5. The number of hydrogen-bond acceptors (Lipinski definition) is 4. The van der Waals surface area contributed by atoms with E-state index in [9.17, 15) is 8.42 Å². The molecule has 6 nitrogen and oxygen atoms in total. The van der Waals surface area contributed by atoms with Gasteiger partial charge in [0, 0.05) is 38.6 Å². The van der Waals surface area contributed by atoms with E-state index >= 15 is 0 Å². The minimum absolute atomic E-state index is 0.0141. The Hall–Kier alpha value is -1.41. The van der Waals surface area contributed by atoms with Gasteiger partial charge in [-0.05, 0) is 18.1 Å². The maximum absolute atomic E-state index is 12.2. The number of aromatic nitrogens is 1. The Morgan fingerprint density at radius 2 is 2.12 bits per heavy atom. The fourth-order valence-electron chi connectivity index (χ4n) is 2.79. The van der Waals surface area contributed by atoms with Crippen molar-refractivity contribution in [3.63, 3.8) is 0 Å². The Balaban J connectivity index is 1.70. The first-order valence-corrected chi connectivity index (χ1v) is 9.51. The molecule has 130 valence electrons. The number of benzene rings is 1. The number of oxazole rings is 1. The molecule has 1 fully saturated rings. The molecule has 8 heteroatoms. The first-order valence-electron chi connectivity index (χ1n) is 7.73. The molecule has 0 unspecified atom stereocenters. The molecule has 0 saturated carbocycles. The molecule has 3 rings (SSSR count). The largest absolute Gasteiger partial charge is 0.445 e. The highest BCUT2D eigenvalue weighted by Crippen LogP contribution is 2.30. The van der Waals surface area contributed by atoms with Crippen molar-refractivity contribution in [1.29, 1.82) is 0 Å². The zero-order valence-corrected chi connectivity index (χ0v) is 15.2. The van der Waals surface area contributed by atoms with E-state index in [4.69, 9.17) is 16.0 Å². The van der Waals surface area contributed by atoms with Crippen molar-refractivity contribution in [2.75, 3.05) is 27.2 Å². The molecule has 0 amide bonds. The lowest BCUT2D eigenvalue weighted by Crippen LogP contribution is -2.38. The normalized spacial score (nSPS) is 19.2. The summed E-state index contributed by atoms with van der Waals surface area (Å²) in [7, 11) is -0.311. The van der Waals surface area contributed by atoms with Gasteiger partial charge in [0.15, 0.2) is 5.89 Å². The second-order valence-corrected chi connectivity index (χ2v) is 8.62. The number of hydrogen-bond donors (Lipinski definition) is 0. The van der Waals surface area contributed by atoms with Gasteiger partial charge in [-0.25, -0.2) is 4.98 Å². The van der Waals surface area contributed by atoms with Crippen LogP contribution in [0.4, 0.5) is 0 Å². The SMILES string of the molecule is CN(C)S(=O)(=O)N1CC[C@@H](c2ncc(Cc3ccccc3Cl)o2)C1. The van der Waals surface area contributed by atoms with Gasteiger partial charge in [-0.1, -0.05) is 29.8 Å². The van der Waals surface area contributed by atoms with Crippen molar-refractivity contribution < 1.29 is 12.8 Å². The fourth-order valence-corrected chi connectivity index (χ4v) is 4.16. The summed E-state index contributed by atoms with van der Waals surface area (Å²) < 4.78 is 32.9. The Labute approximate surface area is 147 Å². The third kappa shape index (κ3) is 3.49. The van der Waals surface area contributed by atoms with Gasteiger partial charge >= 0.3 is 0 Å². The smallest absolute Gasteiger partial charge is 0.281 e. The predicted octanol–water partition coefficient (Wildman–Crippen LogP) is 2.51. The van der Waals surface area contributed by atoms with Gasteiger partial charge in [-0.2, -0.15) is 17.0 Å². The summed E-state index contributed by atoms with van der Waals surface area (Å²) in [5.74, 6) is 1.31. The molecule has 24 heavy (non-hydrogen) atoms. The van der Waals surface area contributed by atoms with Crippen LogP contribution < -0.4 is 0 Å². The number of halogens is 1. The number of nitrogens with zero attached hydrogens (tertiary/aromatic N) is 3. The molecule has 1 aromatic carbocycles. The summed E-state index contributed by atoms with van der Waals surface area (Å²) in [5.41, 5.74) is 0.977. The first-order chi connectivity index (χ1) is 11.4. The van der Waals surface area contributed by atoms with Crippen molar-refractivity contribution in [3.05, 3.63) is 52.7 Å². The highest BCUT2D eigenvalue weighted by atomic mass is 35.5. The molecule has 0 spiro atoms. The van der Waals surface area contributed by atoms with E-state index in [1.165, 1.54) is 22.7 Å². The monoisotopic (exact) mass is 369 g/mol. The zero-order chi connectivity index (χ0) is 17.3. The van der Waals surface area contributed by atoms with Crippen LogP contribution in [0.5, 0.6) is 0 Å². The van der Waals surface area contributed by atoms with Crippen LogP contribution in [0, 0.1) is 0 Å². The summed E-state index contributed by atoms with van der Waals surface area (Å²) in [4.78, 5) is 4.34. The maximum Gasteiger partial charge on any atom is 0.281 e. The molecule has 1 aliphatic heterocycles. The van der Waals surface area contributed by atoms with Gasteiger partial charge < -0.3 is 4.42 Å². The maximum atomic E-state index is 12.2. The summed E-state index contributed by atoms with van der Waals surface area (Å²) in [6.07, 6.45) is 2.97. The van der Waals surface area contributed by atoms with Gasteiger partial charge in [0.25, 0.3) is 10.2 Å². The highest BCUT2D eigenvalue weighted by Gasteiger charge is 2.35. The molecule has 0 radical (unpaired) electrons. The van der Waals surface area contributed by atoms with Crippen molar-refractivity contribution in [2.24, 2.45) is 0 Å². The average Bonchev–Trinajstić information content (AvgIpc) is 3.18. The van der Waals surface area contributed by atoms with Gasteiger partial charge in [0.1, 0.15) is 5.76 Å². The van der Waals surface area contributed by atoms with Crippen LogP contribution >= 0.6 is 11.6 Å². The van der Waals surface area contributed by atoms with Crippen molar-refractivity contribution in [2.45, 2.75) is 18.8 Å². The van der Waals surface area contributed by atoms with E-state index < -0.39 is 10.2 Å². The minimum Gasteiger partial charge on any atom is -0.445 e. The third-order valence-corrected chi connectivity index (χ3v) is 6.46. The van der Waals surface area contributed by atoms with Crippen LogP contribution in [-0.2, 0) is 16.6 Å². The molecule has 2 heterocycles. The quantitative estimate of drug-likeness (QED) is 0.812. The molecule has 1 saturated heterocycles. The molecular formula is C16H20ClN3O3S. The van der Waals surface area contributed by atoms with E-state index in [0.717, 1.165) is 11.3 Å². The summed E-state index contributed by atoms with van der Waals surface area (Å²) >= 11 is 6.17. The van der Waals surface area contributed by atoms with Crippen LogP contribution in [0.15, 0.2) is 34.9 Å². The summed E-state index contributed by atoms with van der Waals surface area (Å²) in [6, 6.07) is 7.61. The van der Waals surface area contributed by atoms with E-state index in [1.807, 2.05) is 24.3 Å². The van der Waals surface area contributed by atoms with Crippen molar-refractivity contribution in [3.8, 4) is 0 Å². The first kappa shape index (κ1) is 17.4. The lowest BCUT2D eigenvalue weighted by molar-refractivity contribution is 0.400. The van der Waals surface area contributed by atoms with E-state index in [1.54, 1.807) is 6.20 Å². The van der Waals surface area contributed by atoms with Gasteiger partial charge in [0.2, 0.25) is 0 Å². The molecule has 0 bridgehead atoms. The van der Waals surface area contributed by atoms with Gasteiger partial charge in [-0.15, -0.1) is 0 Å². The topological polar surface area (TPSA) is 66.7 Å². The van der Waals surface area contributed by atoms with Crippen LogP contribution in [0.2, 0.25) is 5.02 Å². The minimum atomic E-state index is -3.39. The van der Waals surface area contributed by atoms with E-state index in [2.05, 4.69) is 4.98 Å². The molecular weight excluding hydrogens is 350 g/mol. The molecule has 1 aliphatic rings. The van der Waals surface area contributed by atoms with E-state index in [-0.39, 0.29) is 5.92 Å². The second kappa shape index (κ2) is 6.84.